The van der Waals surface area contributed by atoms with Crippen LogP contribution in [0.3, 0.4) is 0 Å². The Balaban J connectivity index is 1.56. The standard InChI is InChI=1S/C18H20N2O2S/c21-17(18(7-8-18)16-6-3-13-23-16)19-14-4-1-2-5-15(14)20-9-11-22-12-10-20/h1-6,13H,7-12H2,(H,19,21). The lowest BCUT2D eigenvalue weighted by Crippen LogP contribution is -2.37. The molecule has 4 nitrogen and oxygen atoms in total. The van der Waals surface area contributed by atoms with Gasteiger partial charge in [0.1, 0.15) is 0 Å². The summed E-state index contributed by atoms with van der Waals surface area (Å²) < 4.78 is 5.43. The molecule has 0 atom stereocenters. The number of amides is 1. The highest BCUT2D eigenvalue weighted by atomic mass is 32.1. The molecular weight excluding hydrogens is 308 g/mol. The quantitative estimate of drug-likeness (QED) is 0.937. The van der Waals surface area contributed by atoms with Crippen molar-refractivity contribution in [3.8, 4) is 0 Å². The predicted molar refractivity (Wildman–Crippen MR) is 93.3 cm³/mol. The third-order valence-electron chi connectivity index (χ3n) is 4.68. The Morgan fingerprint density at radius 1 is 1.13 bits per heavy atom. The number of nitrogens with zero attached hydrogens (tertiary/aromatic N) is 1. The molecule has 1 aliphatic heterocycles. The number of rotatable bonds is 4. The lowest BCUT2D eigenvalue weighted by Gasteiger charge is -2.30. The van der Waals surface area contributed by atoms with Crippen LogP contribution in [0.4, 0.5) is 11.4 Å². The minimum Gasteiger partial charge on any atom is -0.378 e. The second-order valence-corrected chi connectivity index (χ2v) is 7.08. The van der Waals surface area contributed by atoms with Crippen molar-refractivity contribution >= 4 is 28.6 Å². The summed E-state index contributed by atoms with van der Waals surface area (Å²) in [7, 11) is 0. The van der Waals surface area contributed by atoms with Gasteiger partial charge in [0.2, 0.25) is 5.91 Å². The number of benzene rings is 1. The molecule has 1 saturated carbocycles. The smallest absolute Gasteiger partial charge is 0.235 e. The molecule has 23 heavy (non-hydrogen) atoms. The molecule has 2 aliphatic rings. The fourth-order valence-electron chi connectivity index (χ4n) is 3.16. The average molecular weight is 328 g/mol. The van der Waals surface area contributed by atoms with Gasteiger partial charge in [0.25, 0.3) is 0 Å². The molecule has 1 aromatic carbocycles. The van der Waals surface area contributed by atoms with Crippen molar-refractivity contribution in [3.05, 3.63) is 46.7 Å². The summed E-state index contributed by atoms with van der Waals surface area (Å²) in [5.74, 6) is 0.126. The third-order valence-corrected chi connectivity index (χ3v) is 5.76. The Hall–Kier alpha value is -1.85. The Kier molecular flexibility index (Phi) is 3.83. The number of hydrogen-bond acceptors (Lipinski definition) is 4. The molecule has 120 valence electrons. The molecule has 1 aromatic heterocycles. The minimum atomic E-state index is -0.299. The molecule has 0 radical (unpaired) electrons. The maximum Gasteiger partial charge on any atom is 0.235 e. The molecule has 0 unspecified atom stereocenters. The van der Waals surface area contributed by atoms with Crippen LogP contribution in [0.1, 0.15) is 17.7 Å². The van der Waals surface area contributed by atoms with Crippen LogP contribution >= 0.6 is 11.3 Å². The molecule has 4 rings (SSSR count). The van der Waals surface area contributed by atoms with E-state index in [0.29, 0.717) is 0 Å². The molecule has 2 heterocycles. The Morgan fingerprint density at radius 2 is 1.91 bits per heavy atom. The summed E-state index contributed by atoms with van der Waals surface area (Å²) in [5, 5.41) is 5.23. The normalized spacial score (nSPS) is 19.4. The van der Waals surface area contributed by atoms with Crippen molar-refractivity contribution in [2.24, 2.45) is 0 Å². The number of carbonyl (C=O) groups is 1. The number of anilines is 2. The van der Waals surface area contributed by atoms with Crippen LogP contribution < -0.4 is 10.2 Å². The van der Waals surface area contributed by atoms with Crippen LogP contribution in [-0.2, 0) is 14.9 Å². The molecule has 1 saturated heterocycles. The Bertz CT molecular complexity index is 689. The Labute approximate surface area is 140 Å². The zero-order valence-corrected chi connectivity index (χ0v) is 13.8. The van der Waals surface area contributed by atoms with E-state index in [1.165, 1.54) is 4.88 Å². The highest BCUT2D eigenvalue weighted by molar-refractivity contribution is 7.10. The summed E-state index contributed by atoms with van der Waals surface area (Å²) in [6.45, 7) is 3.20. The van der Waals surface area contributed by atoms with Gasteiger partial charge in [0, 0.05) is 18.0 Å². The number of thiophene rings is 1. The lowest BCUT2D eigenvalue weighted by atomic mass is 10.0. The van der Waals surface area contributed by atoms with Crippen molar-refractivity contribution in [1.29, 1.82) is 0 Å². The average Bonchev–Trinajstić information content (AvgIpc) is 3.23. The minimum absolute atomic E-state index is 0.126. The van der Waals surface area contributed by atoms with Gasteiger partial charge in [-0.1, -0.05) is 18.2 Å². The first-order chi connectivity index (χ1) is 11.3. The number of nitrogens with one attached hydrogen (secondary N) is 1. The fourth-order valence-corrected chi connectivity index (χ4v) is 4.15. The molecule has 2 aromatic rings. The van der Waals surface area contributed by atoms with Gasteiger partial charge in [-0.25, -0.2) is 0 Å². The summed E-state index contributed by atoms with van der Waals surface area (Å²) in [5.41, 5.74) is 1.69. The zero-order chi connectivity index (χ0) is 15.7. The SMILES string of the molecule is O=C(Nc1ccccc1N1CCOCC1)C1(c2cccs2)CC1. The van der Waals surface area contributed by atoms with E-state index < -0.39 is 0 Å². The summed E-state index contributed by atoms with van der Waals surface area (Å²) in [4.78, 5) is 16.3. The molecular formula is C18H20N2O2S. The van der Waals surface area contributed by atoms with E-state index in [9.17, 15) is 4.79 Å². The van der Waals surface area contributed by atoms with Crippen LogP contribution in [0.5, 0.6) is 0 Å². The van der Waals surface area contributed by atoms with Crippen LogP contribution in [0.2, 0.25) is 0 Å². The largest absolute Gasteiger partial charge is 0.378 e. The number of para-hydroxylation sites is 2. The van der Waals surface area contributed by atoms with Gasteiger partial charge in [0.15, 0.2) is 0 Å². The lowest BCUT2D eigenvalue weighted by molar-refractivity contribution is -0.118. The van der Waals surface area contributed by atoms with Gasteiger partial charge >= 0.3 is 0 Å². The van der Waals surface area contributed by atoms with E-state index in [-0.39, 0.29) is 11.3 Å². The van der Waals surface area contributed by atoms with E-state index in [1.54, 1.807) is 11.3 Å². The van der Waals surface area contributed by atoms with Crippen LogP contribution in [0, 0.1) is 0 Å². The molecule has 1 N–H and O–H groups in total. The van der Waals surface area contributed by atoms with E-state index >= 15 is 0 Å². The van der Waals surface area contributed by atoms with E-state index in [2.05, 4.69) is 22.3 Å². The predicted octanol–water partition coefficient (Wildman–Crippen LogP) is 3.26. The molecule has 1 amide bonds. The van der Waals surface area contributed by atoms with Crippen LogP contribution in [0.25, 0.3) is 0 Å². The highest BCUT2D eigenvalue weighted by Gasteiger charge is 2.52. The van der Waals surface area contributed by atoms with Crippen molar-refractivity contribution in [3.63, 3.8) is 0 Å². The van der Waals surface area contributed by atoms with E-state index in [4.69, 9.17) is 4.74 Å². The number of ether oxygens (including phenoxy) is 1. The van der Waals surface area contributed by atoms with Gasteiger partial charge in [-0.15, -0.1) is 11.3 Å². The van der Waals surface area contributed by atoms with E-state index in [0.717, 1.165) is 50.5 Å². The molecule has 0 bridgehead atoms. The molecule has 0 spiro atoms. The fraction of sp³-hybridized carbons (Fsp3) is 0.389. The van der Waals surface area contributed by atoms with Crippen molar-refractivity contribution < 1.29 is 9.53 Å². The Morgan fingerprint density at radius 3 is 2.61 bits per heavy atom. The van der Waals surface area contributed by atoms with Gasteiger partial charge in [-0.2, -0.15) is 0 Å². The van der Waals surface area contributed by atoms with Gasteiger partial charge in [0.05, 0.1) is 30.0 Å². The maximum absolute atomic E-state index is 12.9. The second kappa shape index (κ2) is 5.98. The number of hydrogen-bond donors (Lipinski definition) is 1. The third kappa shape index (κ3) is 2.75. The molecule has 2 fully saturated rings. The van der Waals surface area contributed by atoms with E-state index in [1.807, 2.05) is 29.6 Å². The van der Waals surface area contributed by atoms with Gasteiger partial charge in [-0.05, 0) is 36.4 Å². The van der Waals surface area contributed by atoms with Crippen molar-refractivity contribution in [2.45, 2.75) is 18.3 Å². The molecule has 5 heteroatoms. The second-order valence-electron chi connectivity index (χ2n) is 6.13. The van der Waals surface area contributed by atoms with Crippen molar-refractivity contribution in [2.75, 3.05) is 36.5 Å². The first-order valence-electron chi connectivity index (χ1n) is 8.07. The zero-order valence-electron chi connectivity index (χ0n) is 13.0. The highest BCUT2D eigenvalue weighted by Crippen LogP contribution is 2.50. The van der Waals surface area contributed by atoms with Crippen molar-refractivity contribution in [1.82, 2.24) is 0 Å². The van der Waals surface area contributed by atoms with Gasteiger partial charge < -0.3 is 15.0 Å². The monoisotopic (exact) mass is 328 g/mol. The van der Waals surface area contributed by atoms with Gasteiger partial charge in [-0.3, -0.25) is 4.79 Å². The number of morpholine rings is 1. The summed E-state index contributed by atoms with van der Waals surface area (Å²) in [6.07, 6.45) is 1.89. The number of carbonyl (C=O) groups excluding carboxylic acids is 1. The molecule has 1 aliphatic carbocycles. The maximum atomic E-state index is 12.9. The first-order valence-corrected chi connectivity index (χ1v) is 8.95. The summed E-state index contributed by atoms with van der Waals surface area (Å²) in [6, 6.07) is 12.2. The topological polar surface area (TPSA) is 41.6 Å². The first kappa shape index (κ1) is 14.7. The van der Waals surface area contributed by atoms with Crippen LogP contribution in [-0.4, -0.2) is 32.2 Å². The van der Waals surface area contributed by atoms with Crippen LogP contribution in [0.15, 0.2) is 41.8 Å². The summed E-state index contributed by atoms with van der Waals surface area (Å²) >= 11 is 1.68.